The first-order chi connectivity index (χ1) is 25.0. The molecule has 4 saturated heterocycles. The van der Waals surface area contributed by atoms with Crippen molar-refractivity contribution in [3.63, 3.8) is 0 Å². The van der Waals surface area contributed by atoms with Crippen molar-refractivity contribution >= 4 is 75.1 Å². The summed E-state index contributed by atoms with van der Waals surface area (Å²) in [5.74, 6) is -6.72. The van der Waals surface area contributed by atoms with Crippen LogP contribution in [-0.4, -0.2) is 110 Å². The van der Waals surface area contributed by atoms with Gasteiger partial charge in [-0.15, -0.1) is 23.1 Å². The van der Waals surface area contributed by atoms with Gasteiger partial charge < -0.3 is 50.4 Å². The number of β-lactam (4-membered cyclic amide) rings is 1. The van der Waals surface area contributed by atoms with E-state index < -0.39 is 64.3 Å². The number of piperidine rings is 3. The van der Waals surface area contributed by atoms with Crippen molar-refractivity contribution in [3.8, 4) is 11.5 Å². The Morgan fingerprint density at radius 3 is 2.43 bits per heavy atom. The van der Waals surface area contributed by atoms with Crippen LogP contribution < -0.4 is 50.8 Å². The first kappa shape index (κ1) is 41.8. The number of aromatic hydroxyl groups is 2. The van der Waals surface area contributed by atoms with Gasteiger partial charge in [0.25, 0.3) is 5.91 Å². The molecule has 0 aliphatic carbocycles. The minimum absolute atomic E-state index is 0. The number of quaternary nitrogens is 1. The Morgan fingerprint density at radius 2 is 1.85 bits per heavy atom. The van der Waals surface area contributed by atoms with Crippen LogP contribution in [0.1, 0.15) is 55.6 Å². The van der Waals surface area contributed by atoms with Gasteiger partial charge in [0.15, 0.2) is 34.2 Å². The van der Waals surface area contributed by atoms with E-state index in [1.54, 1.807) is 13.8 Å². The standard InChI is InChI=1S/C34H39ClN6O10S2.Na/c1-16(2)27(32(49)50)51-39-24(20-14-53-33(36)38-20)22(43)11-19-29(46)40-25(31(47)48)17(13-52-30(19)40)12-41-8-5-34(6-9-41,7-10-41)15-37-28(45)18-3-4-21(42)26(44)23(18)35;/h3-4,14,16,19,27,30H,5-13,15H2,1-2H3,(H6-,36,37,38,39,42,43,44,45,47,48,49,50);/q;+1/p-1/t19-,27+,30-,34?,41?;/m1./s1. The zero-order chi connectivity index (χ0) is 38.4. The molecule has 16 nitrogen and oxygen atoms in total. The summed E-state index contributed by atoms with van der Waals surface area (Å²) in [6.45, 7) is 6.18. The number of nitrogens with zero attached hydrogens (tertiary/aromatic N) is 4. The molecule has 2 aromatic rings. The maximum Gasteiger partial charge on any atom is 1.00 e. The topological polar surface area (TPSA) is 248 Å². The molecule has 284 valence electrons. The van der Waals surface area contributed by atoms with E-state index in [9.17, 15) is 44.4 Å². The van der Waals surface area contributed by atoms with Crippen LogP contribution >= 0.6 is 34.7 Å². The fraction of sp³-hybridized carbons (Fsp3) is 0.500. The Kier molecular flexibility index (Phi) is 12.7. The summed E-state index contributed by atoms with van der Waals surface area (Å²) in [6.07, 6.45) is 0.527. The number of nitrogens with two attached hydrogens (primary N) is 1. The summed E-state index contributed by atoms with van der Waals surface area (Å²) >= 11 is 8.48. The molecule has 4 fully saturated rings. The number of fused-ring (bicyclic) bond motifs is 4. The molecule has 20 heteroatoms. The zero-order valence-corrected chi connectivity index (χ0v) is 34.2. The molecular formula is C34H38ClN6NaO10S2. The number of anilines is 1. The zero-order valence-electron chi connectivity index (χ0n) is 29.8. The third kappa shape index (κ3) is 8.10. The second-order valence-corrected chi connectivity index (χ2v) is 16.8. The predicted molar refractivity (Wildman–Crippen MR) is 189 cm³/mol. The molecule has 2 amide bonds. The number of thioether (sulfide) groups is 1. The normalized spacial score (nSPS) is 25.4. The third-order valence-corrected chi connectivity index (χ3v) is 13.2. The van der Waals surface area contributed by atoms with Crippen molar-refractivity contribution in [1.82, 2.24) is 15.2 Å². The number of aromatic nitrogens is 1. The number of thiazole rings is 1. The van der Waals surface area contributed by atoms with E-state index in [1.807, 2.05) is 0 Å². The molecule has 0 saturated carbocycles. The number of amides is 2. The average molecular weight is 813 g/mol. The number of carbonyl (C=O) groups excluding carboxylic acids is 5. The Hall–Kier alpha value is -3.39. The molecule has 1 aromatic carbocycles. The molecule has 5 aliphatic heterocycles. The van der Waals surface area contributed by atoms with Crippen molar-refractivity contribution in [2.75, 3.05) is 44.2 Å². The van der Waals surface area contributed by atoms with Crippen molar-refractivity contribution < 1.29 is 83.3 Å². The number of nitrogen functional groups attached to an aromatic ring is 1. The Labute approximate surface area is 345 Å². The summed E-state index contributed by atoms with van der Waals surface area (Å²) in [4.78, 5) is 74.6. The van der Waals surface area contributed by atoms with Crippen LogP contribution in [0.5, 0.6) is 11.5 Å². The monoisotopic (exact) mass is 812 g/mol. The van der Waals surface area contributed by atoms with Gasteiger partial charge in [-0.3, -0.25) is 19.3 Å². The number of ketones is 1. The van der Waals surface area contributed by atoms with Gasteiger partial charge in [0.1, 0.15) is 12.2 Å². The summed E-state index contributed by atoms with van der Waals surface area (Å²) in [5.41, 5.74) is 5.82. The Balaban J connectivity index is 0.00000561. The fourth-order valence-corrected chi connectivity index (χ4v) is 9.74. The van der Waals surface area contributed by atoms with Crippen molar-refractivity contribution in [2.24, 2.45) is 22.4 Å². The number of rotatable bonds is 14. The number of hydrogen-bond donors (Lipinski definition) is 4. The SMILES string of the molecule is CC(C)[C@H](O/N=C(\C(=O)C[C@@H]1C(=O)N2C(C(=O)[O-])=C(C[N+]34CCC(CNC(=O)c5ccc(O)c(O)c5Cl)(CC3)CC4)CS[C@H]12)c1csc(N)n1)C(=O)[O-].[Na+]. The second-order valence-electron chi connectivity index (χ2n) is 14.4. The van der Waals surface area contributed by atoms with Gasteiger partial charge in [-0.05, 0) is 18.1 Å². The van der Waals surface area contributed by atoms with E-state index in [-0.39, 0.29) is 74.2 Å². The number of phenols is 2. The summed E-state index contributed by atoms with van der Waals surface area (Å²) in [5, 5.41) is 51.2. The Bertz CT molecular complexity index is 1910. The average Bonchev–Trinajstić information content (AvgIpc) is 3.55. The largest absolute Gasteiger partial charge is 1.00 e. The van der Waals surface area contributed by atoms with Gasteiger partial charge in [-0.25, -0.2) is 4.98 Å². The number of phenolic OH excluding ortho intramolecular Hbond substituents is 2. The smallest absolute Gasteiger partial charge is 0.546 e. The molecule has 2 bridgehead atoms. The van der Waals surface area contributed by atoms with E-state index >= 15 is 0 Å². The van der Waals surface area contributed by atoms with Crippen LogP contribution in [0, 0.1) is 17.3 Å². The molecule has 6 heterocycles. The number of aliphatic carboxylic acids is 2. The molecule has 0 radical (unpaired) electrons. The maximum atomic E-state index is 13.6. The van der Waals surface area contributed by atoms with Crippen LogP contribution in [0.15, 0.2) is 33.9 Å². The van der Waals surface area contributed by atoms with Crippen LogP contribution in [0.25, 0.3) is 0 Å². The van der Waals surface area contributed by atoms with E-state index in [2.05, 4.69) is 15.5 Å². The minimum Gasteiger partial charge on any atom is -0.546 e. The summed E-state index contributed by atoms with van der Waals surface area (Å²) < 4.78 is 0.633. The molecule has 5 N–H and O–H groups in total. The van der Waals surface area contributed by atoms with E-state index in [1.165, 1.54) is 34.2 Å². The summed E-state index contributed by atoms with van der Waals surface area (Å²) in [7, 11) is 0. The van der Waals surface area contributed by atoms with Crippen LogP contribution in [0.2, 0.25) is 5.02 Å². The first-order valence-corrected chi connectivity index (χ1v) is 19.3. The molecule has 54 heavy (non-hydrogen) atoms. The fourth-order valence-electron chi connectivity index (χ4n) is 7.54. The number of carboxylic acid groups (broad SMARTS) is 2. The van der Waals surface area contributed by atoms with Crippen molar-refractivity contribution in [3.05, 3.63) is 45.1 Å². The van der Waals surface area contributed by atoms with Crippen LogP contribution in [0.3, 0.4) is 0 Å². The second kappa shape index (κ2) is 16.4. The molecule has 7 rings (SSSR count). The van der Waals surface area contributed by atoms with Crippen molar-refractivity contribution in [2.45, 2.75) is 51.0 Å². The summed E-state index contributed by atoms with van der Waals surface area (Å²) in [6, 6.07) is 2.54. The van der Waals surface area contributed by atoms with Gasteiger partial charge in [0.05, 0.1) is 59.1 Å². The number of Topliss-reactive ketones (excluding diaryl/α,β-unsaturated/α-hetero) is 1. The van der Waals surface area contributed by atoms with Gasteiger partial charge in [-0.2, -0.15) is 0 Å². The number of oxime groups is 1. The number of hydrogen-bond acceptors (Lipinski definition) is 15. The third-order valence-electron chi connectivity index (χ3n) is 10.7. The van der Waals surface area contributed by atoms with Gasteiger partial charge in [0.2, 0.25) is 5.91 Å². The van der Waals surface area contributed by atoms with Crippen molar-refractivity contribution in [1.29, 1.82) is 0 Å². The van der Waals surface area contributed by atoms with Gasteiger partial charge in [0, 0.05) is 54.3 Å². The van der Waals surface area contributed by atoms with Crippen LogP contribution in [-0.2, 0) is 24.0 Å². The molecule has 1 aromatic heterocycles. The molecule has 5 aliphatic rings. The predicted octanol–water partition coefficient (Wildman–Crippen LogP) is -2.79. The molecule has 0 unspecified atom stereocenters. The molecule has 3 atom stereocenters. The maximum absolute atomic E-state index is 13.6. The number of benzene rings is 1. The quantitative estimate of drug-likeness (QED) is 0.0377. The van der Waals surface area contributed by atoms with Gasteiger partial charge >= 0.3 is 29.6 Å². The number of carboxylic acids is 2. The number of nitrogens with one attached hydrogen (secondary N) is 1. The minimum atomic E-state index is -1.52. The molecule has 0 spiro atoms. The Morgan fingerprint density at radius 1 is 1.19 bits per heavy atom. The van der Waals surface area contributed by atoms with Gasteiger partial charge in [-0.1, -0.05) is 30.6 Å². The number of halogens is 1. The van der Waals surface area contributed by atoms with E-state index in [0.717, 1.165) is 50.2 Å². The molecular weight excluding hydrogens is 775 g/mol. The van der Waals surface area contributed by atoms with Crippen LogP contribution in [0.4, 0.5) is 5.13 Å². The van der Waals surface area contributed by atoms with E-state index in [0.29, 0.717) is 28.9 Å². The van der Waals surface area contributed by atoms with E-state index in [4.69, 9.17) is 22.2 Å². The number of carbonyl (C=O) groups is 5. The first-order valence-electron chi connectivity index (χ1n) is 17.0.